The van der Waals surface area contributed by atoms with Gasteiger partial charge in [-0.1, -0.05) is 6.07 Å². The molecule has 0 aromatic heterocycles. The summed E-state index contributed by atoms with van der Waals surface area (Å²) in [5, 5.41) is 3.23. The van der Waals surface area contributed by atoms with Crippen molar-refractivity contribution in [1.29, 1.82) is 0 Å². The van der Waals surface area contributed by atoms with Crippen LogP contribution < -0.4 is 10.1 Å². The summed E-state index contributed by atoms with van der Waals surface area (Å²) in [6, 6.07) is 4.79. The average molecular weight is 278 g/mol. The molecule has 0 radical (unpaired) electrons. The number of nitrogens with zero attached hydrogens (tertiary/aromatic N) is 1. The van der Waals surface area contributed by atoms with E-state index in [4.69, 9.17) is 4.74 Å². The lowest BCUT2D eigenvalue weighted by Crippen LogP contribution is -2.51. The third-order valence-electron chi connectivity index (χ3n) is 3.38. The van der Waals surface area contributed by atoms with Crippen molar-refractivity contribution >= 4 is 12.0 Å². The topological polar surface area (TPSA) is 41.6 Å². The van der Waals surface area contributed by atoms with Crippen LogP contribution in [0.1, 0.15) is 12.5 Å². The van der Waals surface area contributed by atoms with Crippen LogP contribution in [0.4, 0.5) is 4.39 Å². The van der Waals surface area contributed by atoms with Gasteiger partial charge >= 0.3 is 0 Å². The van der Waals surface area contributed by atoms with E-state index in [2.05, 4.69) is 5.32 Å². The van der Waals surface area contributed by atoms with Gasteiger partial charge in [-0.3, -0.25) is 4.79 Å². The molecule has 4 nitrogen and oxygen atoms in total. The quantitative estimate of drug-likeness (QED) is 0.855. The molecule has 1 aliphatic heterocycles. The summed E-state index contributed by atoms with van der Waals surface area (Å²) < 4.78 is 18.4. The molecule has 1 atom stereocenters. The molecular weight excluding hydrogens is 259 g/mol. The number of methoxy groups -OCH3 is 1. The van der Waals surface area contributed by atoms with Crippen LogP contribution >= 0.6 is 0 Å². The van der Waals surface area contributed by atoms with Crippen LogP contribution in [0.15, 0.2) is 24.3 Å². The lowest BCUT2D eigenvalue weighted by atomic mass is 10.1. The second-order valence-electron chi connectivity index (χ2n) is 4.81. The molecule has 1 heterocycles. The second-order valence-corrected chi connectivity index (χ2v) is 4.81. The summed E-state index contributed by atoms with van der Waals surface area (Å²) in [5.74, 6) is -0.280. The van der Waals surface area contributed by atoms with E-state index >= 15 is 0 Å². The number of carbonyl (C=O) groups excluding carboxylic acids is 1. The first-order chi connectivity index (χ1) is 9.61. The molecule has 2 rings (SSSR count). The molecule has 5 heteroatoms. The maximum absolute atomic E-state index is 13.5. The molecule has 1 amide bonds. The Bertz CT molecular complexity index is 517. The molecule has 0 bridgehead atoms. The Labute approximate surface area is 118 Å². The van der Waals surface area contributed by atoms with Crippen molar-refractivity contribution in [2.24, 2.45) is 0 Å². The molecule has 1 unspecified atom stereocenters. The zero-order valence-electron chi connectivity index (χ0n) is 11.7. The number of carbonyl (C=O) groups is 1. The minimum Gasteiger partial charge on any atom is -0.494 e. The largest absolute Gasteiger partial charge is 0.494 e. The maximum Gasteiger partial charge on any atom is 0.246 e. The number of nitrogens with one attached hydrogen (secondary N) is 1. The van der Waals surface area contributed by atoms with Crippen LogP contribution in [0.5, 0.6) is 5.75 Å². The molecule has 1 fully saturated rings. The van der Waals surface area contributed by atoms with Crippen molar-refractivity contribution in [2.75, 3.05) is 26.7 Å². The number of halogens is 1. The Morgan fingerprint density at radius 1 is 1.55 bits per heavy atom. The van der Waals surface area contributed by atoms with Gasteiger partial charge in [-0.15, -0.1) is 0 Å². The zero-order chi connectivity index (χ0) is 14.5. The van der Waals surface area contributed by atoms with E-state index in [1.54, 1.807) is 18.2 Å². The van der Waals surface area contributed by atoms with Crippen molar-refractivity contribution in [3.63, 3.8) is 0 Å². The van der Waals surface area contributed by atoms with Gasteiger partial charge in [0.2, 0.25) is 5.91 Å². The summed E-state index contributed by atoms with van der Waals surface area (Å²) >= 11 is 0. The molecule has 0 saturated carbocycles. The third kappa shape index (κ3) is 3.36. The van der Waals surface area contributed by atoms with Crippen molar-refractivity contribution < 1.29 is 13.9 Å². The first-order valence-electron chi connectivity index (χ1n) is 6.64. The molecule has 1 aromatic carbocycles. The summed E-state index contributed by atoms with van der Waals surface area (Å²) in [5.41, 5.74) is 0.638. The summed E-state index contributed by atoms with van der Waals surface area (Å²) in [4.78, 5) is 13.9. The highest BCUT2D eigenvalue weighted by Gasteiger charge is 2.20. The number of hydrogen-bond acceptors (Lipinski definition) is 3. The van der Waals surface area contributed by atoms with Gasteiger partial charge in [-0.05, 0) is 30.7 Å². The van der Waals surface area contributed by atoms with Crippen molar-refractivity contribution in [2.45, 2.75) is 13.0 Å². The standard InChI is InChI=1S/C15H19FN2O2/c1-11-10-17-7-8-18(11)15(19)6-4-12-3-5-14(20-2)13(16)9-12/h3-6,9,11,17H,7-8,10H2,1-2H3/b6-4+. The van der Waals surface area contributed by atoms with Crippen molar-refractivity contribution in [3.05, 3.63) is 35.7 Å². The predicted molar refractivity (Wildman–Crippen MR) is 76.0 cm³/mol. The summed E-state index contributed by atoms with van der Waals surface area (Å²) in [7, 11) is 1.42. The molecular formula is C15H19FN2O2. The molecule has 1 saturated heterocycles. The fourth-order valence-corrected chi connectivity index (χ4v) is 2.22. The smallest absolute Gasteiger partial charge is 0.246 e. The molecule has 1 aliphatic rings. The Balaban J connectivity index is 2.05. The molecule has 108 valence electrons. The SMILES string of the molecule is COc1ccc(/C=C/C(=O)N2CCNCC2C)cc1F. The molecule has 1 N–H and O–H groups in total. The first kappa shape index (κ1) is 14.5. The van der Waals surface area contributed by atoms with Gasteiger partial charge in [0.1, 0.15) is 0 Å². The number of ether oxygens (including phenoxy) is 1. The highest BCUT2D eigenvalue weighted by Crippen LogP contribution is 2.18. The number of piperazine rings is 1. The Kier molecular flexibility index (Phi) is 4.74. The Hall–Kier alpha value is -1.88. The van der Waals surface area contributed by atoms with Gasteiger partial charge in [-0.25, -0.2) is 4.39 Å². The lowest BCUT2D eigenvalue weighted by molar-refractivity contribution is -0.128. The average Bonchev–Trinajstić information content (AvgIpc) is 2.45. The molecule has 0 spiro atoms. The van der Waals surface area contributed by atoms with Gasteiger partial charge in [0.05, 0.1) is 7.11 Å². The van der Waals surface area contributed by atoms with Crippen LogP contribution in [-0.2, 0) is 4.79 Å². The van der Waals surface area contributed by atoms with Gasteiger partial charge < -0.3 is 15.0 Å². The van der Waals surface area contributed by atoms with E-state index < -0.39 is 5.82 Å². The second kappa shape index (κ2) is 6.52. The number of benzene rings is 1. The third-order valence-corrected chi connectivity index (χ3v) is 3.38. The van der Waals surface area contributed by atoms with E-state index in [-0.39, 0.29) is 17.7 Å². The molecule has 1 aromatic rings. The van der Waals surface area contributed by atoms with Gasteiger partial charge in [-0.2, -0.15) is 0 Å². The Morgan fingerprint density at radius 2 is 2.35 bits per heavy atom. The number of rotatable bonds is 3. The predicted octanol–water partition coefficient (Wildman–Crippen LogP) is 1.67. The summed E-state index contributed by atoms with van der Waals surface area (Å²) in [6.07, 6.45) is 3.11. The summed E-state index contributed by atoms with van der Waals surface area (Å²) in [6.45, 7) is 4.31. The lowest BCUT2D eigenvalue weighted by Gasteiger charge is -2.33. The van der Waals surface area contributed by atoms with Gasteiger partial charge in [0, 0.05) is 31.8 Å². The monoisotopic (exact) mass is 278 g/mol. The minimum absolute atomic E-state index is 0.0461. The minimum atomic E-state index is -0.433. The van der Waals surface area contributed by atoms with Crippen LogP contribution in [-0.4, -0.2) is 43.6 Å². The van der Waals surface area contributed by atoms with Crippen LogP contribution in [0.3, 0.4) is 0 Å². The van der Waals surface area contributed by atoms with E-state index in [1.807, 2.05) is 11.8 Å². The number of amides is 1. The van der Waals surface area contributed by atoms with Crippen molar-refractivity contribution in [3.8, 4) is 5.75 Å². The normalized spacial score (nSPS) is 19.4. The number of hydrogen-bond donors (Lipinski definition) is 1. The first-order valence-corrected chi connectivity index (χ1v) is 6.64. The van der Waals surface area contributed by atoms with E-state index in [0.717, 1.165) is 13.1 Å². The van der Waals surface area contributed by atoms with Crippen LogP contribution in [0.2, 0.25) is 0 Å². The fraction of sp³-hybridized carbons (Fsp3) is 0.400. The highest BCUT2D eigenvalue weighted by molar-refractivity contribution is 5.92. The van der Waals surface area contributed by atoms with Gasteiger partial charge in [0.25, 0.3) is 0 Å². The van der Waals surface area contributed by atoms with Gasteiger partial charge in [0.15, 0.2) is 11.6 Å². The van der Waals surface area contributed by atoms with E-state index in [9.17, 15) is 9.18 Å². The molecule has 20 heavy (non-hydrogen) atoms. The zero-order valence-corrected chi connectivity index (χ0v) is 11.7. The van der Waals surface area contributed by atoms with Crippen molar-refractivity contribution in [1.82, 2.24) is 10.2 Å². The Morgan fingerprint density at radius 3 is 3.00 bits per heavy atom. The fourth-order valence-electron chi connectivity index (χ4n) is 2.22. The highest BCUT2D eigenvalue weighted by atomic mass is 19.1. The molecule has 0 aliphatic carbocycles. The van der Waals surface area contributed by atoms with Crippen LogP contribution in [0, 0.1) is 5.82 Å². The maximum atomic E-state index is 13.5. The van der Waals surface area contributed by atoms with Crippen LogP contribution in [0.25, 0.3) is 6.08 Å². The van der Waals surface area contributed by atoms with E-state index in [1.165, 1.54) is 19.3 Å². The van der Waals surface area contributed by atoms with E-state index in [0.29, 0.717) is 12.1 Å².